The van der Waals surface area contributed by atoms with Crippen molar-refractivity contribution in [2.24, 2.45) is 0 Å². The van der Waals surface area contributed by atoms with Gasteiger partial charge in [-0.05, 0) is 24.3 Å². The van der Waals surface area contributed by atoms with E-state index in [0.717, 1.165) is 0 Å². The van der Waals surface area contributed by atoms with Crippen LogP contribution in [0.15, 0.2) is 42.6 Å². The standard InChI is InChI=1S/C14H10N4O4/c1-22-14(19)10-6-7-17-12(8-10)15-13(16-17)9-2-4-11(5-3-9)18(20)21/h2-8H,1H3. The third-order valence-corrected chi connectivity index (χ3v) is 3.09. The van der Waals surface area contributed by atoms with E-state index in [4.69, 9.17) is 0 Å². The van der Waals surface area contributed by atoms with Crippen LogP contribution in [0, 0.1) is 10.1 Å². The molecule has 2 heterocycles. The monoisotopic (exact) mass is 298 g/mol. The highest BCUT2D eigenvalue weighted by molar-refractivity contribution is 5.90. The third-order valence-electron chi connectivity index (χ3n) is 3.09. The van der Waals surface area contributed by atoms with Gasteiger partial charge in [0.1, 0.15) is 0 Å². The number of hydrogen-bond acceptors (Lipinski definition) is 6. The van der Waals surface area contributed by atoms with Gasteiger partial charge < -0.3 is 4.74 Å². The van der Waals surface area contributed by atoms with Crippen molar-refractivity contribution in [2.45, 2.75) is 0 Å². The fourth-order valence-corrected chi connectivity index (χ4v) is 1.98. The molecule has 3 rings (SSSR count). The Morgan fingerprint density at radius 1 is 1.27 bits per heavy atom. The van der Waals surface area contributed by atoms with Crippen LogP contribution in [0.2, 0.25) is 0 Å². The molecule has 0 radical (unpaired) electrons. The Labute approximate surface area is 124 Å². The number of nitro groups is 1. The molecule has 0 amide bonds. The van der Waals surface area contributed by atoms with Crippen molar-refractivity contribution in [1.29, 1.82) is 0 Å². The minimum absolute atomic E-state index is 0.000455. The molecule has 0 saturated heterocycles. The molecule has 0 aliphatic heterocycles. The molecule has 0 N–H and O–H groups in total. The van der Waals surface area contributed by atoms with E-state index in [1.165, 1.54) is 23.8 Å². The number of nitrogens with zero attached hydrogens (tertiary/aromatic N) is 4. The highest BCUT2D eigenvalue weighted by Crippen LogP contribution is 2.20. The lowest BCUT2D eigenvalue weighted by Gasteiger charge is -1.97. The number of benzene rings is 1. The van der Waals surface area contributed by atoms with Crippen LogP contribution in [0.3, 0.4) is 0 Å². The Morgan fingerprint density at radius 3 is 2.64 bits per heavy atom. The minimum Gasteiger partial charge on any atom is -0.465 e. The highest BCUT2D eigenvalue weighted by Gasteiger charge is 2.12. The predicted octanol–water partition coefficient (Wildman–Crippen LogP) is 2.09. The number of esters is 1. The molecule has 110 valence electrons. The van der Waals surface area contributed by atoms with Crippen LogP contribution in [0.5, 0.6) is 0 Å². The molecule has 8 heteroatoms. The number of ether oxygens (including phenoxy) is 1. The SMILES string of the molecule is COC(=O)c1ccn2nc(-c3ccc([N+](=O)[O-])cc3)nc2c1. The molecule has 0 fully saturated rings. The average molecular weight is 298 g/mol. The minimum atomic E-state index is -0.469. The number of non-ortho nitro benzene ring substituents is 1. The molecule has 0 atom stereocenters. The van der Waals surface area contributed by atoms with E-state index in [2.05, 4.69) is 14.8 Å². The smallest absolute Gasteiger partial charge is 0.338 e. The van der Waals surface area contributed by atoms with Crippen molar-refractivity contribution in [1.82, 2.24) is 14.6 Å². The number of methoxy groups -OCH3 is 1. The zero-order valence-corrected chi connectivity index (χ0v) is 11.5. The Hall–Kier alpha value is -3.29. The van der Waals surface area contributed by atoms with Crippen LogP contribution in [0.4, 0.5) is 5.69 Å². The zero-order chi connectivity index (χ0) is 15.7. The van der Waals surface area contributed by atoms with Crippen molar-refractivity contribution in [2.75, 3.05) is 7.11 Å². The lowest BCUT2D eigenvalue weighted by molar-refractivity contribution is -0.384. The normalized spacial score (nSPS) is 10.6. The maximum atomic E-state index is 11.5. The first-order valence-electron chi connectivity index (χ1n) is 6.28. The summed E-state index contributed by atoms with van der Waals surface area (Å²) in [6, 6.07) is 9.07. The predicted molar refractivity (Wildman–Crippen MR) is 76.4 cm³/mol. The maximum absolute atomic E-state index is 11.5. The van der Waals surface area contributed by atoms with E-state index in [1.807, 2.05) is 0 Å². The van der Waals surface area contributed by atoms with Gasteiger partial charge in [0, 0.05) is 23.9 Å². The number of rotatable bonds is 3. The summed E-state index contributed by atoms with van der Waals surface area (Å²) < 4.78 is 6.17. The van der Waals surface area contributed by atoms with Gasteiger partial charge in [-0.2, -0.15) is 0 Å². The van der Waals surface area contributed by atoms with Crippen molar-refractivity contribution in [3.8, 4) is 11.4 Å². The van der Waals surface area contributed by atoms with Crippen molar-refractivity contribution >= 4 is 17.3 Å². The van der Waals surface area contributed by atoms with Gasteiger partial charge in [-0.25, -0.2) is 14.3 Å². The van der Waals surface area contributed by atoms with Crippen molar-refractivity contribution in [3.05, 3.63) is 58.3 Å². The van der Waals surface area contributed by atoms with E-state index in [9.17, 15) is 14.9 Å². The van der Waals surface area contributed by atoms with Crippen LogP contribution < -0.4 is 0 Å². The summed E-state index contributed by atoms with van der Waals surface area (Å²) in [7, 11) is 1.30. The lowest BCUT2D eigenvalue weighted by atomic mass is 10.2. The van der Waals surface area contributed by atoms with E-state index >= 15 is 0 Å². The number of hydrogen-bond donors (Lipinski definition) is 0. The Morgan fingerprint density at radius 2 is 2.00 bits per heavy atom. The number of carbonyl (C=O) groups is 1. The molecule has 0 aliphatic rings. The topological polar surface area (TPSA) is 99.6 Å². The van der Waals surface area contributed by atoms with E-state index in [1.54, 1.807) is 30.5 Å². The Balaban J connectivity index is 2.01. The number of carbonyl (C=O) groups excluding carboxylic acids is 1. The molecular formula is C14H10N4O4. The summed E-state index contributed by atoms with van der Waals surface area (Å²) >= 11 is 0. The van der Waals surface area contributed by atoms with Crippen LogP contribution >= 0.6 is 0 Å². The first-order chi connectivity index (χ1) is 10.6. The summed E-state index contributed by atoms with van der Waals surface area (Å²) in [4.78, 5) is 26.0. The van der Waals surface area contributed by atoms with Crippen LogP contribution in [-0.4, -0.2) is 32.6 Å². The second kappa shape index (κ2) is 5.24. The van der Waals surface area contributed by atoms with Gasteiger partial charge in [0.25, 0.3) is 5.69 Å². The molecule has 22 heavy (non-hydrogen) atoms. The van der Waals surface area contributed by atoms with E-state index < -0.39 is 10.9 Å². The number of nitro benzene ring substituents is 1. The highest BCUT2D eigenvalue weighted by atomic mass is 16.6. The molecule has 0 saturated carbocycles. The molecule has 2 aromatic heterocycles. The van der Waals surface area contributed by atoms with Gasteiger partial charge in [0.05, 0.1) is 17.6 Å². The molecule has 0 bridgehead atoms. The molecular weight excluding hydrogens is 288 g/mol. The second-order valence-corrected chi connectivity index (χ2v) is 4.45. The van der Waals surface area contributed by atoms with Gasteiger partial charge in [0.15, 0.2) is 11.5 Å². The molecule has 8 nitrogen and oxygen atoms in total. The quantitative estimate of drug-likeness (QED) is 0.417. The van der Waals surface area contributed by atoms with Gasteiger partial charge in [0.2, 0.25) is 0 Å². The maximum Gasteiger partial charge on any atom is 0.338 e. The van der Waals surface area contributed by atoms with E-state index in [0.29, 0.717) is 22.6 Å². The average Bonchev–Trinajstić information content (AvgIpc) is 2.97. The van der Waals surface area contributed by atoms with Gasteiger partial charge in [-0.1, -0.05) is 0 Å². The van der Waals surface area contributed by atoms with Gasteiger partial charge in [-0.15, -0.1) is 5.10 Å². The number of fused-ring (bicyclic) bond motifs is 1. The second-order valence-electron chi connectivity index (χ2n) is 4.45. The third kappa shape index (κ3) is 2.37. The number of aromatic nitrogens is 3. The fraction of sp³-hybridized carbons (Fsp3) is 0.0714. The van der Waals surface area contributed by atoms with Crippen molar-refractivity contribution < 1.29 is 14.5 Å². The Kier molecular flexibility index (Phi) is 3.26. The first kappa shape index (κ1) is 13.7. The Bertz CT molecular complexity index is 870. The lowest BCUT2D eigenvalue weighted by Crippen LogP contribution is -2.02. The summed E-state index contributed by atoms with van der Waals surface area (Å²) in [5, 5.41) is 14.9. The van der Waals surface area contributed by atoms with Crippen LogP contribution in [0.1, 0.15) is 10.4 Å². The summed E-state index contributed by atoms with van der Waals surface area (Å²) in [6.45, 7) is 0. The summed E-state index contributed by atoms with van der Waals surface area (Å²) in [5.41, 5.74) is 1.50. The fourth-order valence-electron chi connectivity index (χ4n) is 1.98. The number of pyridine rings is 1. The van der Waals surface area contributed by atoms with Gasteiger partial charge in [-0.3, -0.25) is 10.1 Å². The molecule has 0 spiro atoms. The van der Waals surface area contributed by atoms with E-state index in [-0.39, 0.29) is 5.69 Å². The summed E-state index contributed by atoms with van der Waals surface area (Å²) in [5.74, 6) is -0.0423. The van der Waals surface area contributed by atoms with Crippen molar-refractivity contribution in [3.63, 3.8) is 0 Å². The molecule has 0 aliphatic carbocycles. The largest absolute Gasteiger partial charge is 0.465 e. The van der Waals surface area contributed by atoms with Gasteiger partial charge >= 0.3 is 5.97 Å². The van der Waals surface area contributed by atoms with Crippen LogP contribution in [0.25, 0.3) is 17.0 Å². The first-order valence-corrected chi connectivity index (χ1v) is 6.28. The van der Waals surface area contributed by atoms with Crippen LogP contribution in [-0.2, 0) is 4.74 Å². The summed E-state index contributed by atoms with van der Waals surface area (Å²) in [6.07, 6.45) is 1.60. The molecule has 1 aromatic carbocycles. The molecule has 3 aromatic rings. The molecule has 0 unspecified atom stereocenters. The zero-order valence-electron chi connectivity index (χ0n) is 11.5.